The molecule has 1 saturated heterocycles. The minimum absolute atomic E-state index is 0.416. The zero-order chi connectivity index (χ0) is 19.9. The second-order valence-corrected chi connectivity index (χ2v) is 7.86. The average Bonchev–Trinajstić information content (AvgIpc) is 2.75. The van der Waals surface area contributed by atoms with E-state index in [0.29, 0.717) is 10.8 Å². The van der Waals surface area contributed by atoms with Crippen molar-refractivity contribution in [2.45, 2.75) is 24.5 Å². The number of nitrogens with one attached hydrogen (secondary N) is 1. The number of aromatic nitrogens is 2. The van der Waals surface area contributed by atoms with Crippen LogP contribution in [0, 0.1) is 5.82 Å². The van der Waals surface area contributed by atoms with Gasteiger partial charge in [-0.1, -0.05) is 0 Å². The summed E-state index contributed by atoms with van der Waals surface area (Å²) in [6.45, 7) is -0.997. The quantitative estimate of drug-likeness (QED) is 0.263. The molecule has 0 bridgehead atoms. The van der Waals surface area contributed by atoms with E-state index in [4.69, 9.17) is 19.4 Å². The third-order valence-electron chi connectivity index (χ3n) is 3.15. The number of rotatable bonds is 6. The van der Waals surface area contributed by atoms with Crippen molar-refractivity contribution in [2.75, 3.05) is 6.61 Å². The number of aromatic amines is 1. The van der Waals surface area contributed by atoms with Crippen molar-refractivity contribution in [1.82, 2.24) is 9.55 Å². The SMILES string of the molecule is O=c1[nH]c(=O)n([C@@H]2O[C@H](COP(=O)(O)OP(=O)(O)O)C(O)[C@@H]2O)cc1F. The number of nitrogens with zero attached hydrogens (tertiary/aromatic N) is 1. The van der Waals surface area contributed by atoms with Crippen LogP contribution in [-0.4, -0.2) is 59.4 Å². The molecule has 6 N–H and O–H groups in total. The largest absolute Gasteiger partial charge is 0.481 e. The second-order valence-electron chi connectivity index (χ2n) is 5.03. The maximum Gasteiger partial charge on any atom is 0.481 e. The number of phosphoric ester groups is 1. The highest BCUT2D eigenvalue weighted by molar-refractivity contribution is 7.60. The van der Waals surface area contributed by atoms with Gasteiger partial charge >= 0.3 is 21.3 Å². The van der Waals surface area contributed by atoms with Crippen molar-refractivity contribution in [1.29, 1.82) is 0 Å². The average molecular weight is 422 g/mol. The summed E-state index contributed by atoms with van der Waals surface area (Å²) in [6.07, 6.45) is -6.50. The summed E-state index contributed by atoms with van der Waals surface area (Å²) in [7, 11) is -10.6. The van der Waals surface area contributed by atoms with Crippen LogP contribution in [0.15, 0.2) is 15.8 Å². The lowest BCUT2D eigenvalue weighted by molar-refractivity contribution is -0.0546. The molecule has 1 fully saturated rings. The lowest BCUT2D eigenvalue weighted by atomic mass is 10.1. The number of ether oxygens (including phenoxy) is 1. The Morgan fingerprint density at radius 1 is 1.23 bits per heavy atom. The van der Waals surface area contributed by atoms with Crippen molar-refractivity contribution < 1.29 is 52.0 Å². The topological polar surface area (TPSA) is 218 Å². The number of H-pyrrole nitrogens is 1. The van der Waals surface area contributed by atoms with Gasteiger partial charge in [0.1, 0.15) is 18.3 Å². The van der Waals surface area contributed by atoms with Crippen molar-refractivity contribution in [3.8, 4) is 0 Å². The highest BCUT2D eigenvalue weighted by atomic mass is 31.3. The third kappa shape index (κ3) is 4.92. The zero-order valence-electron chi connectivity index (χ0n) is 12.4. The fraction of sp³-hybridized carbons (Fsp3) is 0.556. The van der Waals surface area contributed by atoms with E-state index in [-0.39, 0.29) is 0 Å². The minimum Gasteiger partial charge on any atom is -0.387 e. The Morgan fingerprint density at radius 2 is 1.85 bits per heavy atom. The fourth-order valence-electron chi connectivity index (χ4n) is 2.07. The number of aliphatic hydroxyl groups excluding tert-OH is 2. The van der Waals surface area contributed by atoms with Gasteiger partial charge in [0.2, 0.25) is 5.82 Å². The molecule has 0 spiro atoms. The summed E-state index contributed by atoms with van der Waals surface area (Å²) in [5, 5.41) is 19.7. The van der Waals surface area contributed by atoms with Gasteiger partial charge in [0.05, 0.1) is 12.8 Å². The molecule has 1 aromatic rings. The van der Waals surface area contributed by atoms with Gasteiger partial charge in [-0.25, -0.2) is 13.9 Å². The van der Waals surface area contributed by atoms with Crippen LogP contribution in [0.1, 0.15) is 6.23 Å². The van der Waals surface area contributed by atoms with E-state index in [9.17, 15) is 33.3 Å². The van der Waals surface area contributed by atoms with Crippen LogP contribution >= 0.6 is 15.6 Å². The summed E-state index contributed by atoms with van der Waals surface area (Å²) in [5.74, 6) is -1.38. The van der Waals surface area contributed by atoms with Crippen molar-refractivity contribution in [2.24, 2.45) is 0 Å². The molecule has 0 aliphatic carbocycles. The predicted octanol–water partition coefficient (Wildman–Crippen LogP) is -2.48. The Labute approximate surface area is 142 Å². The molecular weight excluding hydrogens is 409 g/mol. The standard InChI is InChI=1S/C9H13FN2O12P2/c10-3-1-12(9(16)11-7(3)15)8-6(14)5(13)4(23-8)2-22-26(20,21)24-25(17,18)19/h1,4-6,8,13-14H,2H2,(H,20,21)(H,11,15,16)(H2,17,18,19)/t4-,5?,6+,8-/m1/s1. The van der Waals surface area contributed by atoms with E-state index in [0.717, 1.165) is 0 Å². The molecule has 17 heteroatoms. The molecule has 0 saturated carbocycles. The molecule has 148 valence electrons. The van der Waals surface area contributed by atoms with E-state index >= 15 is 0 Å². The van der Waals surface area contributed by atoms with E-state index in [1.165, 1.54) is 0 Å². The van der Waals surface area contributed by atoms with Crippen molar-refractivity contribution >= 4 is 15.6 Å². The molecule has 2 heterocycles. The molecular formula is C9H13FN2O12P2. The molecule has 0 radical (unpaired) electrons. The lowest BCUT2D eigenvalue weighted by Crippen LogP contribution is -2.38. The van der Waals surface area contributed by atoms with E-state index in [1.54, 1.807) is 4.98 Å². The third-order valence-corrected chi connectivity index (χ3v) is 5.30. The molecule has 0 aromatic carbocycles. The van der Waals surface area contributed by atoms with Crippen LogP contribution in [0.5, 0.6) is 0 Å². The first-order chi connectivity index (χ1) is 11.8. The first-order valence-corrected chi connectivity index (χ1v) is 9.60. The maximum absolute atomic E-state index is 13.3. The summed E-state index contributed by atoms with van der Waals surface area (Å²) >= 11 is 0. The van der Waals surface area contributed by atoms with Crippen molar-refractivity contribution in [3.05, 3.63) is 32.9 Å². The Hall–Kier alpha value is -1.25. The zero-order valence-corrected chi connectivity index (χ0v) is 14.2. The number of halogens is 1. The molecule has 1 aromatic heterocycles. The van der Waals surface area contributed by atoms with E-state index < -0.39 is 63.9 Å². The molecule has 14 nitrogen and oxygen atoms in total. The normalized spacial score (nSPS) is 28.8. The Morgan fingerprint density at radius 3 is 2.42 bits per heavy atom. The number of aliphatic hydroxyl groups is 2. The smallest absolute Gasteiger partial charge is 0.387 e. The van der Waals surface area contributed by atoms with E-state index in [2.05, 4.69) is 8.83 Å². The van der Waals surface area contributed by atoms with Gasteiger partial charge < -0.3 is 29.6 Å². The van der Waals surface area contributed by atoms with Gasteiger partial charge in [-0.3, -0.25) is 18.9 Å². The first kappa shape index (κ1) is 21.1. The summed E-state index contributed by atoms with van der Waals surface area (Å²) in [4.78, 5) is 50.3. The summed E-state index contributed by atoms with van der Waals surface area (Å²) in [6, 6.07) is 0. The maximum atomic E-state index is 13.3. The molecule has 2 rings (SSSR count). The molecule has 1 aliphatic rings. The summed E-state index contributed by atoms with van der Waals surface area (Å²) < 4.78 is 48.4. The second kappa shape index (κ2) is 7.40. The van der Waals surface area contributed by atoms with Gasteiger partial charge in [-0.2, -0.15) is 8.70 Å². The van der Waals surface area contributed by atoms with Gasteiger partial charge in [-0.15, -0.1) is 0 Å². The van der Waals surface area contributed by atoms with Crippen LogP contribution in [0.25, 0.3) is 0 Å². The van der Waals surface area contributed by atoms with E-state index in [1.807, 2.05) is 0 Å². The fourth-order valence-corrected chi connectivity index (χ4v) is 3.67. The van der Waals surface area contributed by atoms with Crippen LogP contribution in [0.3, 0.4) is 0 Å². The molecule has 0 amide bonds. The van der Waals surface area contributed by atoms with Crippen LogP contribution in [-0.2, 0) is 22.7 Å². The van der Waals surface area contributed by atoms with Gasteiger partial charge in [0, 0.05) is 0 Å². The van der Waals surface area contributed by atoms with Gasteiger partial charge in [-0.05, 0) is 0 Å². The number of hydrogen-bond donors (Lipinski definition) is 6. The summed E-state index contributed by atoms with van der Waals surface area (Å²) in [5.41, 5.74) is -2.50. The highest BCUT2D eigenvalue weighted by Crippen LogP contribution is 2.57. The Bertz CT molecular complexity index is 878. The Kier molecular flexibility index (Phi) is 5.99. The van der Waals surface area contributed by atoms with Gasteiger partial charge in [0.15, 0.2) is 6.23 Å². The Balaban J connectivity index is 2.14. The van der Waals surface area contributed by atoms with Crippen LogP contribution in [0.2, 0.25) is 0 Å². The van der Waals surface area contributed by atoms with Crippen LogP contribution in [0.4, 0.5) is 4.39 Å². The molecule has 2 unspecified atom stereocenters. The molecule has 26 heavy (non-hydrogen) atoms. The van der Waals surface area contributed by atoms with Gasteiger partial charge in [0.25, 0.3) is 5.56 Å². The minimum atomic E-state index is -5.36. The van der Waals surface area contributed by atoms with Crippen molar-refractivity contribution in [3.63, 3.8) is 0 Å². The molecule has 1 aliphatic heterocycles. The monoisotopic (exact) mass is 422 g/mol. The number of phosphoric acid groups is 2. The molecule has 5 atom stereocenters. The predicted molar refractivity (Wildman–Crippen MR) is 76.1 cm³/mol. The number of hydrogen-bond acceptors (Lipinski definition) is 9. The van der Waals surface area contributed by atoms with Crippen LogP contribution < -0.4 is 11.2 Å². The highest BCUT2D eigenvalue weighted by Gasteiger charge is 2.45. The lowest BCUT2D eigenvalue weighted by Gasteiger charge is -2.17. The first-order valence-electron chi connectivity index (χ1n) is 6.57.